The van der Waals surface area contributed by atoms with Gasteiger partial charge in [-0.3, -0.25) is 0 Å². The smallest absolute Gasteiger partial charge is 0.148 e. The molecule has 12 heavy (non-hydrogen) atoms. The Labute approximate surface area is 81.2 Å². The van der Waals surface area contributed by atoms with Gasteiger partial charge in [-0.2, -0.15) is 0 Å². The van der Waals surface area contributed by atoms with E-state index >= 15 is 0 Å². The van der Waals surface area contributed by atoms with Crippen molar-refractivity contribution >= 4 is 23.2 Å². The Morgan fingerprint density at radius 3 is 2.83 bits per heavy atom. The molecule has 0 radical (unpaired) electrons. The van der Waals surface area contributed by atoms with E-state index < -0.39 is 0 Å². The molecule has 0 heterocycles. The number of ether oxygens (including phenoxy) is 1. The molecule has 0 spiro atoms. The highest BCUT2D eigenvalue weighted by molar-refractivity contribution is 6.42. The molecule has 1 aromatic rings. The topological polar surface area (TPSA) is 9.23 Å². The maximum absolute atomic E-state index is 5.80. The zero-order valence-electron chi connectivity index (χ0n) is 6.18. The van der Waals surface area contributed by atoms with Crippen LogP contribution in [0.3, 0.4) is 0 Å². The van der Waals surface area contributed by atoms with Gasteiger partial charge in [-0.25, -0.2) is 0 Å². The van der Waals surface area contributed by atoms with Crippen molar-refractivity contribution in [3.63, 3.8) is 0 Å². The fraction of sp³-hybridized carbons (Fsp3) is 0.111. The molecule has 62 valence electrons. The molecule has 0 aliphatic carbocycles. The highest BCUT2D eigenvalue weighted by atomic mass is 35.5. The summed E-state index contributed by atoms with van der Waals surface area (Å²) in [6.07, 6.45) is 5.01. The van der Waals surface area contributed by atoms with Gasteiger partial charge >= 0.3 is 0 Å². The summed E-state index contributed by atoms with van der Waals surface area (Å²) in [6, 6.07) is 5.15. The normalized spacial score (nSPS) is 9.08. The summed E-state index contributed by atoms with van der Waals surface area (Å²) in [5, 5.41) is 0.862. The van der Waals surface area contributed by atoms with Gasteiger partial charge in [0.2, 0.25) is 0 Å². The van der Waals surface area contributed by atoms with Crippen LogP contribution in [0.4, 0.5) is 0 Å². The Morgan fingerprint density at radius 2 is 2.17 bits per heavy atom. The molecule has 0 atom stereocenters. The average Bonchev–Trinajstić information content (AvgIpc) is 2.08. The van der Waals surface area contributed by atoms with Gasteiger partial charge in [0.05, 0.1) is 5.02 Å². The molecule has 0 aromatic heterocycles. The van der Waals surface area contributed by atoms with Crippen molar-refractivity contribution < 1.29 is 4.74 Å². The SMILES string of the molecule is C#CCOc1cccc(Cl)c1Cl. The molecule has 0 fully saturated rings. The largest absolute Gasteiger partial charge is 0.479 e. The average molecular weight is 201 g/mol. The van der Waals surface area contributed by atoms with Crippen molar-refractivity contribution in [3.05, 3.63) is 28.2 Å². The summed E-state index contributed by atoms with van der Waals surface area (Å²) >= 11 is 11.5. The van der Waals surface area contributed by atoms with Crippen LogP contribution in [-0.2, 0) is 0 Å². The molecule has 0 unspecified atom stereocenters. The Hall–Kier alpha value is -0.840. The lowest BCUT2D eigenvalue weighted by molar-refractivity contribution is 0.370. The zero-order valence-corrected chi connectivity index (χ0v) is 7.69. The molecule has 1 aromatic carbocycles. The third kappa shape index (κ3) is 2.07. The van der Waals surface area contributed by atoms with Crippen molar-refractivity contribution in [2.24, 2.45) is 0 Å². The molecule has 0 aliphatic heterocycles. The molecule has 0 amide bonds. The first-order chi connectivity index (χ1) is 5.75. The van der Waals surface area contributed by atoms with E-state index in [9.17, 15) is 0 Å². The van der Waals surface area contributed by atoms with Crippen LogP contribution in [-0.4, -0.2) is 6.61 Å². The summed E-state index contributed by atoms with van der Waals surface area (Å²) in [5.74, 6) is 2.85. The van der Waals surface area contributed by atoms with Gasteiger partial charge in [0.1, 0.15) is 17.4 Å². The van der Waals surface area contributed by atoms with Crippen LogP contribution >= 0.6 is 23.2 Å². The lowest BCUT2D eigenvalue weighted by atomic mass is 10.3. The highest BCUT2D eigenvalue weighted by Gasteiger charge is 2.03. The Morgan fingerprint density at radius 1 is 1.42 bits per heavy atom. The number of terminal acetylenes is 1. The minimum atomic E-state index is 0.195. The Balaban J connectivity index is 2.86. The molecule has 0 aliphatic rings. The number of hydrogen-bond acceptors (Lipinski definition) is 1. The summed E-state index contributed by atoms with van der Waals surface area (Å²) in [5.41, 5.74) is 0. The minimum Gasteiger partial charge on any atom is -0.479 e. The van der Waals surface area contributed by atoms with Crippen LogP contribution < -0.4 is 4.74 Å². The predicted octanol–water partition coefficient (Wildman–Crippen LogP) is 3.01. The van der Waals surface area contributed by atoms with Crippen LogP contribution in [0, 0.1) is 12.3 Å². The summed E-state index contributed by atoms with van der Waals surface area (Å²) < 4.78 is 5.11. The first-order valence-electron chi connectivity index (χ1n) is 3.26. The van der Waals surface area contributed by atoms with Gasteiger partial charge in [0.25, 0.3) is 0 Å². The second-order valence-electron chi connectivity index (χ2n) is 2.04. The van der Waals surface area contributed by atoms with E-state index in [4.69, 9.17) is 34.4 Å². The van der Waals surface area contributed by atoms with E-state index in [2.05, 4.69) is 5.92 Å². The molecular formula is C9H6Cl2O. The van der Waals surface area contributed by atoms with Gasteiger partial charge in [-0.05, 0) is 12.1 Å². The highest BCUT2D eigenvalue weighted by Crippen LogP contribution is 2.31. The third-order valence-electron chi connectivity index (χ3n) is 1.23. The quantitative estimate of drug-likeness (QED) is 0.668. The monoisotopic (exact) mass is 200 g/mol. The standard InChI is InChI=1S/C9H6Cl2O/c1-2-6-12-8-5-3-4-7(10)9(8)11/h1,3-5H,6H2. The van der Waals surface area contributed by atoms with E-state index in [0.717, 1.165) is 0 Å². The second-order valence-corrected chi connectivity index (χ2v) is 2.83. The molecule has 1 nitrogen and oxygen atoms in total. The minimum absolute atomic E-state index is 0.195. The van der Waals surface area contributed by atoms with Crippen molar-refractivity contribution in [2.75, 3.05) is 6.61 Å². The van der Waals surface area contributed by atoms with Crippen LogP contribution in [0.5, 0.6) is 5.75 Å². The van der Waals surface area contributed by atoms with Crippen LogP contribution in [0.2, 0.25) is 10.0 Å². The molecule has 1 rings (SSSR count). The molecule has 0 saturated heterocycles. The van der Waals surface area contributed by atoms with Crippen molar-refractivity contribution in [2.45, 2.75) is 0 Å². The zero-order chi connectivity index (χ0) is 8.97. The lowest BCUT2D eigenvalue weighted by Crippen LogP contribution is -1.93. The van der Waals surface area contributed by atoms with E-state index in [-0.39, 0.29) is 6.61 Å². The summed E-state index contributed by atoms with van der Waals surface area (Å²) in [4.78, 5) is 0. The van der Waals surface area contributed by atoms with Gasteiger partial charge in [0, 0.05) is 0 Å². The molecule has 3 heteroatoms. The number of rotatable bonds is 2. The molecular weight excluding hydrogens is 195 g/mol. The summed E-state index contributed by atoms with van der Waals surface area (Å²) in [7, 11) is 0. The van der Waals surface area contributed by atoms with E-state index in [1.54, 1.807) is 18.2 Å². The Kier molecular flexibility index (Phi) is 3.28. The lowest BCUT2D eigenvalue weighted by Gasteiger charge is -2.04. The van der Waals surface area contributed by atoms with Crippen LogP contribution in [0.15, 0.2) is 18.2 Å². The number of halogens is 2. The van der Waals surface area contributed by atoms with Gasteiger partial charge < -0.3 is 4.74 Å². The van der Waals surface area contributed by atoms with Crippen molar-refractivity contribution in [1.82, 2.24) is 0 Å². The fourth-order valence-electron chi connectivity index (χ4n) is 0.715. The molecule has 0 bridgehead atoms. The van der Waals surface area contributed by atoms with Gasteiger partial charge in [-0.1, -0.05) is 35.2 Å². The first kappa shape index (κ1) is 9.25. The van der Waals surface area contributed by atoms with Gasteiger partial charge in [0.15, 0.2) is 0 Å². The molecule has 0 N–H and O–H groups in total. The van der Waals surface area contributed by atoms with E-state index in [0.29, 0.717) is 15.8 Å². The van der Waals surface area contributed by atoms with Crippen LogP contribution in [0.1, 0.15) is 0 Å². The molecule has 0 saturated carbocycles. The Bertz CT molecular complexity index is 315. The maximum Gasteiger partial charge on any atom is 0.148 e. The van der Waals surface area contributed by atoms with E-state index in [1.807, 2.05) is 0 Å². The van der Waals surface area contributed by atoms with Crippen molar-refractivity contribution in [3.8, 4) is 18.1 Å². The number of benzene rings is 1. The fourth-order valence-corrected chi connectivity index (χ4v) is 1.06. The number of hydrogen-bond donors (Lipinski definition) is 0. The predicted molar refractivity (Wildman–Crippen MR) is 50.8 cm³/mol. The first-order valence-corrected chi connectivity index (χ1v) is 4.01. The summed E-state index contributed by atoms with van der Waals surface area (Å²) in [6.45, 7) is 0.195. The van der Waals surface area contributed by atoms with Crippen molar-refractivity contribution in [1.29, 1.82) is 0 Å². The van der Waals surface area contributed by atoms with Gasteiger partial charge in [-0.15, -0.1) is 6.42 Å². The van der Waals surface area contributed by atoms with E-state index in [1.165, 1.54) is 0 Å². The maximum atomic E-state index is 5.80. The van der Waals surface area contributed by atoms with Crippen LogP contribution in [0.25, 0.3) is 0 Å². The third-order valence-corrected chi connectivity index (χ3v) is 2.03. The second kappa shape index (κ2) is 4.25.